The van der Waals surface area contributed by atoms with Crippen molar-refractivity contribution in [1.29, 1.82) is 0 Å². The summed E-state index contributed by atoms with van der Waals surface area (Å²) in [5.74, 6) is -0.718. The van der Waals surface area contributed by atoms with E-state index in [-0.39, 0.29) is 18.5 Å². The minimum atomic E-state index is -0.772. The van der Waals surface area contributed by atoms with Crippen molar-refractivity contribution in [3.05, 3.63) is 34.7 Å². The predicted octanol–water partition coefficient (Wildman–Crippen LogP) is 3.84. The Morgan fingerprint density at radius 2 is 2.31 bits per heavy atom. The number of carbonyl (C=O) groups excluding carboxylic acids is 1. The van der Waals surface area contributed by atoms with Crippen LogP contribution in [0.25, 0.3) is 11.3 Å². The number of anilines is 1. The summed E-state index contributed by atoms with van der Waals surface area (Å²) in [5.41, 5.74) is 1.59. The quantitative estimate of drug-likeness (QED) is 0.859. The molecule has 0 aromatic carbocycles. The number of aliphatic carboxylic acids is 1. The van der Waals surface area contributed by atoms with Gasteiger partial charge in [-0.1, -0.05) is 6.42 Å². The number of hydrogen-bond donors (Lipinski definition) is 2. The van der Waals surface area contributed by atoms with Crippen molar-refractivity contribution in [2.45, 2.75) is 26.2 Å². The molecule has 0 radical (unpaired) electrons. The molecule has 1 saturated heterocycles. The van der Waals surface area contributed by atoms with Crippen molar-refractivity contribution >= 4 is 29.0 Å². The molecule has 2 aliphatic rings. The van der Waals surface area contributed by atoms with Crippen molar-refractivity contribution in [1.82, 2.24) is 9.88 Å². The Kier molecular flexibility index (Phi) is 4.19. The third kappa shape index (κ3) is 2.76. The zero-order chi connectivity index (χ0) is 18.3. The predicted molar refractivity (Wildman–Crippen MR) is 100 cm³/mol. The van der Waals surface area contributed by atoms with E-state index in [1.54, 1.807) is 28.5 Å². The third-order valence-electron chi connectivity index (χ3n) is 5.64. The molecule has 1 aliphatic carbocycles. The average molecular weight is 371 g/mol. The second-order valence-electron chi connectivity index (χ2n) is 7.21. The molecule has 2 aromatic heterocycles. The van der Waals surface area contributed by atoms with Gasteiger partial charge in [0, 0.05) is 35.1 Å². The minimum Gasteiger partial charge on any atom is -0.481 e. The smallest absolute Gasteiger partial charge is 0.321 e. The molecule has 1 saturated carbocycles. The number of hydrogen-bond acceptors (Lipinski definition) is 4. The van der Waals surface area contributed by atoms with Crippen molar-refractivity contribution < 1.29 is 14.7 Å². The van der Waals surface area contributed by atoms with Crippen LogP contribution in [0.1, 0.15) is 24.1 Å². The van der Waals surface area contributed by atoms with Crippen LogP contribution < -0.4 is 5.32 Å². The zero-order valence-corrected chi connectivity index (χ0v) is 15.4. The first-order chi connectivity index (χ1) is 12.5. The van der Waals surface area contributed by atoms with Crippen molar-refractivity contribution in [2.75, 3.05) is 18.4 Å². The molecular weight excluding hydrogens is 350 g/mol. The summed E-state index contributed by atoms with van der Waals surface area (Å²) >= 11 is 1.64. The monoisotopic (exact) mass is 371 g/mol. The largest absolute Gasteiger partial charge is 0.481 e. The van der Waals surface area contributed by atoms with Crippen LogP contribution in [0.15, 0.2) is 29.8 Å². The lowest BCUT2D eigenvalue weighted by Gasteiger charge is -2.23. The maximum atomic E-state index is 12.8. The molecule has 2 atom stereocenters. The first-order valence-corrected chi connectivity index (χ1v) is 9.67. The summed E-state index contributed by atoms with van der Waals surface area (Å²) in [4.78, 5) is 31.8. The van der Waals surface area contributed by atoms with Crippen LogP contribution in [-0.2, 0) is 4.79 Å². The lowest BCUT2D eigenvalue weighted by molar-refractivity contribution is -0.149. The summed E-state index contributed by atoms with van der Waals surface area (Å²) in [6, 6.07) is 5.41. The van der Waals surface area contributed by atoms with Gasteiger partial charge in [0.05, 0.1) is 16.8 Å². The summed E-state index contributed by atoms with van der Waals surface area (Å²) in [6.45, 7) is 2.82. The van der Waals surface area contributed by atoms with Gasteiger partial charge in [-0.2, -0.15) is 0 Å². The second kappa shape index (κ2) is 6.39. The number of nitrogens with zero attached hydrogens (tertiary/aromatic N) is 2. The first-order valence-electron chi connectivity index (χ1n) is 8.79. The summed E-state index contributed by atoms with van der Waals surface area (Å²) < 4.78 is 0. The zero-order valence-electron chi connectivity index (χ0n) is 14.6. The van der Waals surface area contributed by atoms with Gasteiger partial charge < -0.3 is 15.3 Å². The highest BCUT2D eigenvalue weighted by Crippen LogP contribution is 2.49. The van der Waals surface area contributed by atoms with Crippen LogP contribution in [0.3, 0.4) is 0 Å². The fourth-order valence-corrected chi connectivity index (χ4v) is 4.98. The molecule has 4 rings (SSSR count). The second-order valence-corrected chi connectivity index (χ2v) is 8.32. The van der Waals surface area contributed by atoms with E-state index in [2.05, 4.69) is 10.3 Å². The Balaban J connectivity index is 1.54. The van der Waals surface area contributed by atoms with Gasteiger partial charge in [0.25, 0.3) is 0 Å². The average Bonchev–Trinajstić information content (AvgIpc) is 3.29. The SMILES string of the molecule is Cc1cc(-c2ncccc2NC(=O)N2C[C@@H]3CCC[C@@]3(C(=O)O)C2)cs1. The molecule has 2 amide bonds. The molecule has 7 heteroatoms. The molecule has 6 nitrogen and oxygen atoms in total. The molecule has 2 fully saturated rings. The van der Waals surface area contributed by atoms with Crippen LogP contribution >= 0.6 is 11.3 Å². The van der Waals surface area contributed by atoms with E-state index in [1.165, 1.54) is 4.88 Å². The highest BCUT2D eigenvalue weighted by atomic mass is 32.1. The van der Waals surface area contributed by atoms with E-state index in [9.17, 15) is 14.7 Å². The maximum absolute atomic E-state index is 12.8. The van der Waals surface area contributed by atoms with Gasteiger partial charge in [0.1, 0.15) is 0 Å². The Labute approximate surface area is 155 Å². The highest BCUT2D eigenvalue weighted by molar-refractivity contribution is 7.10. The fourth-order valence-electron chi connectivity index (χ4n) is 4.29. The number of carboxylic acid groups (broad SMARTS) is 1. The standard InChI is InChI=1S/C19H21N3O3S/c1-12-8-13(10-26-12)16-15(5-3-7-20-16)21-18(25)22-9-14-4-2-6-19(14,11-22)17(23)24/h3,5,7-8,10,14H,2,4,6,9,11H2,1H3,(H,21,25)(H,23,24)/t14-,19+/m0/s1. The number of nitrogens with one attached hydrogen (secondary N) is 1. The van der Waals surface area contributed by atoms with Gasteiger partial charge >= 0.3 is 12.0 Å². The van der Waals surface area contributed by atoms with Crippen molar-refractivity contribution in [2.24, 2.45) is 11.3 Å². The molecule has 2 aromatic rings. The molecular formula is C19H21N3O3S. The van der Waals surface area contributed by atoms with Crippen molar-refractivity contribution in [3.8, 4) is 11.3 Å². The number of carbonyl (C=O) groups is 2. The van der Waals surface area contributed by atoms with E-state index in [1.807, 2.05) is 24.4 Å². The summed E-state index contributed by atoms with van der Waals surface area (Å²) in [5, 5.41) is 14.7. The number of urea groups is 1. The Bertz CT molecular complexity index is 865. The van der Waals surface area contributed by atoms with Crippen LogP contribution in [0.2, 0.25) is 0 Å². The van der Waals surface area contributed by atoms with Crippen LogP contribution in [0, 0.1) is 18.3 Å². The first kappa shape index (κ1) is 17.0. The Morgan fingerprint density at radius 3 is 3.00 bits per heavy atom. The number of carboxylic acids is 1. The summed E-state index contributed by atoms with van der Waals surface area (Å²) in [7, 11) is 0. The van der Waals surface area contributed by atoms with Crippen molar-refractivity contribution in [3.63, 3.8) is 0 Å². The molecule has 0 spiro atoms. The third-order valence-corrected chi connectivity index (χ3v) is 6.50. The molecule has 1 aliphatic heterocycles. The lowest BCUT2D eigenvalue weighted by Crippen LogP contribution is -2.38. The fraction of sp³-hybridized carbons (Fsp3) is 0.421. The normalized spacial score (nSPS) is 24.5. The number of fused-ring (bicyclic) bond motifs is 1. The molecule has 26 heavy (non-hydrogen) atoms. The van der Waals surface area contributed by atoms with E-state index >= 15 is 0 Å². The van der Waals surface area contributed by atoms with Gasteiger partial charge in [-0.3, -0.25) is 9.78 Å². The molecule has 0 bridgehead atoms. The minimum absolute atomic E-state index is 0.0543. The molecule has 3 heterocycles. The van der Waals surface area contributed by atoms with E-state index in [0.717, 1.165) is 24.1 Å². The van der Waals surface area contributed by atoms with E-state index in [0.29, 0.717) is 18.7 Å². The van der Waals surface area contributed by atoms with Gasteiger partial charge in [-0.15, -0.1) is 11.3 Å². The topological polar surface area (TPSA) is 82.5 Å². The van der Waals surface area contributed by atoms with Crippen LogP contribution in [-0.4, -0.2) is 40.1 Å². The molecule has 0 unspecified atom stereocenters. The molecule has 136 valence electrons. The van der Waals surface area contributed by atoms with Gasteiger partial charge in [0.2, 0.25) is 0 Å². The number of aryl methyl sites for hydroxylation is 1. The molecule has 2 N–H and O–H groups in total. The number of rotatable bonds is 3. The number of amides is 2. The van der Waals surface area contributed by atoms with E-state index in [4.69, 9.17) is 0 Å². The number of pyridine rings is 1. The van der Waals surface area contributed by atoms with Gasteiger partial charge in [-0.05, 0) is 43.9 Å². The van der Waals surface area contributed by atoms with E-state index < -0.39 is 11.4 Å². The number of thiophene rings is 1. The Morgan fingerprint density at radius 1 is 1.46 bits per heavy atom. The highest BCUT2D eigenvalue weighted by Gasteiger charge is 2.55. The van der Waals surface area contributed by atoms with Gasteiger partial charge in [0.15, 0.2) is 0 Å². The van der Waals surface area contributed by atoms with Crippen LogP contribution in [0.4, 0.5) is 10.5 Å². The lowest BCUT2D eigenvalue weighted by atomic mass is 9.81. The summed E-state index contributed by atoms with van der Waals surface area (Å²) in [6.07, 6.45) is 4.17. The maximum Gasteiger partial charge on any atom is 0.321 e. The Hall–Kier alpha value is -2.41. The van der Waals surface area contributed by atoms with Gasteiger partial charge in [-0.25, -0.2) is 4.79 Å². The van der Waals surface area contributed by atoms with Crippen LogP contribution in [0.5, 0.6) is 0 Å². The number of aromatic nitrogens is 1. The number of likely N-dealkylation sites (tertiary alicyclic amines) is 1.